The molecular weight excluding hydrogens is 242 g/mol. The summed E-state index contributed by atoms with van der Waals surface area (Å²) < 4.78 is 4.66. The molecule has 2 rings (SSSR count). The summed E-state index contributed by atoms with van der Waals surface area (Å²) in [7, 11) is 1.29. The summed E-state index contributed by atoms with van der Waals surface area (Å²) in [5, 5.41) is 2.73. The van der Waals surface area contributed by atoms with Crippen LogP contribution in [0, 0.1) is 0 Å². The van der Waals surface area contributed by atoms with Crippen molar-refractivity contribution in [3.8, 4) is 0 Å². The fourth-order valence-corrected chi connectivity index (χ4v) is 1.69. The first-order valence-corrected chi connectivity index (χ1v) is 5.76. The SMILES string of the molecule is COC(=O)c1ccccc1C(=O)Nc1ccccc1. The van der Waals surface area contributed by atoms with Crippen LogP contribution >= 0.6 is 0 Å². The van der Waals surface area contributed by atoms with Crippen molar-refractivity contribution in [1.82, 2.24) is 0 Å². The molecule has 0 spiro atoms. The maximum absolute atomic E-state index is 12.1. The largest absolute Gasteiger partial charge is 0.465 e. The van der Waals surface area contributed by atoms with Gasteiger partial charge in [0, 0.05) is 5.69 Å². The third kappa shape index (κ3) is 2.98. The lowest BCUT2D eigenvalue weighted by Crippen LogP contribution is -2.17. The summed E-state index contributed by atoms with van der Waals surface area (Å²) in [6.45, 7) is 0. The van der Waals surface area contributed by atoms with Gasteiger partial charge in [-0.3, -0.25) is 4.79 Å². The molecule has 4 heteroatoms. The van der Waals surface area contributed by atoms with Gasteiger partial charge in [0.25, 0.3) is 5.91 Å². The molecule has 0 atom stereocenters. The molecule has 0 bridgehead atoms. The number of methoxy groups -OCH3 is 1. The van der Waals surface area contributed by atoms with E-state index in [1.54, 1.807) is 36.4 Å². The highest BCUT2D eigenvalue weighted by atomic mass is 16.5. The van der Waals surface area contributed by atoms with Gasteiger partial charge in [0.2, 0.25) is 0 Å². The zero-order valence-electron chi connectivity index (χ0n) is 10.4. The third-order valence-corrected chi connectivity index (χ3v) is 2.61. The van der Waals surface area contributed by atoms with Gasteiger partial charge < -0.3 is 10.1 Å². The highest BCUT2D eigenvalue weighted by Gasteiger charge is 2.16. The summed E-state index contributed by atoms with van der Waals surface area (Å²) in [6.07, 6.45) is 0. The maximum atomic E-state index is 12.1. The molecule has 0 aliphatic carbocycles. The summed E-state index contributed by atoms with van der Waals surface area (Å²) in [5.74, 6) is -0.869. The number of hydrogen-bond donors (Lipinski definition) is 1. The zero-order chi connectivity index (χ0) is 13.7. The van der Waals surface area contributed by atoms with Crippen LogP contribution in [0.25, 0.3) is 0 Å². The van der Waals surface area contributed by atoms with E-state index < -0.39 is 5.97 Å². The predicted molar refractivity (Wildman–Crippen MR) is 72.2 cm³/mol. The molecule has 0 saturated heterocycles. The number of anilines is 1. The Morgan fingerprint density at radius 2 is 1.47 bits per heavy atom. The molecule has 0 aliphatic heterocycles. The summed E-state index contributed by atoms with van der Waals surface area (Å²) in [6, 6.07) is 15.6. The number of hydrogen-bond acceptors (Lipinski definition) is 3. The average molecular weight is 255 g/mol. The quantitative estimate of drug-likeness (QED) is 0.858. The van der Waals surface area contributed by atoms with Crippen molar-refractivity contribution in [3.05, 3.63) is 65.7 Å². The lowest BCUT2D eigenvalue weighted by atomic mass is 10.1. The fraction of sp³-hybridized carbons (Fsp3) is 0.0667. The van der Waals surface area contributed by atoms with E-state index in [0.717, 1.165) is 0 Å². The molecule has 0 saturated carbocycles. The van der Waals surface area contributed by atoms with Crippen LogP contribution in [-0.2, 0) is 4.74 Å². The van der Waals surface area contributed by atoms with Gasteiger partial charge in [-0.15, -0.1) is 0 Å². The van der Waals surface area contributed by atoms with E-state index in [1.165, 1.54) is 7.11 Å². The van der Waals surface area contributed by atoms with Crippen LogP contribution in [0.2, 0.25) is 0 Å². The van der Waals surface area contributed by atoms with E-state index in [2.05, 4.69) is 10.1 Å². The van der Waals surface area contributed by atoms with Crippen LogP contribution in [0.15, 0.2) is 54.6 Å². The van der Waals surface area contributed by atoms with E-state index in [0.29, 0.717) is 11.3 Å². The van der Waals surface area contributed by atoms with Gasteiger partial charge in [0.05, 0.1) is 18.2 Å². The average Bonchev–Trinajstić information content (AvgIpc) is 2.47. The molecule has 0 unspecified atom stereocenters. The number of benzene rings is 2. The summed E-state index contributed by atoms with van der Waals surface area (Å²) in [4.78, 5) is 23.7. The van der Waals surface area contributed by atoms with Gasteiger partial charge in [-0.2, -0.15) is 0 Å². The van der Waals surface area contributed by atoms with E-state index >= 15 is 0 Å². The van der Waals surface area contributed by atoms with Crippen LogP contribution < -0.4 is 5.32 Å². The molecule has 1 amide bonds. The Labute approximate surface area is 111 Å². The molecule has 96 valence electrons. The van der Waals surface area contributed by atoms with Crippen LogP contribution in [0.5, 0.6) is 0 Å². The number of nitrogens with one attached hydrogen (secondary N) is 1. The van der Waals surface area contributed by atoms with Crippen molar-refractivity contribution in [2.24, 2.45) is 0 Å². The number of para-hydroxylation sites is 1. The second-order valence-corrected chi connectivity index (χ2v) is 3.86. The second kappa shape index (κ2) is 5.82. The Balaban J connectivity index is 2.27. The minimum Gasteiger partial charge on any atom is -0.465 e. The predicted octanol–water partition coefficient (Wildman–Crippen LogP) is 2.73. The first-order chi connectivity index (χ1) is 9.22. The third-order valence-electron chi connectivity index (χ3n) is 2.61. The molecule has 0 fully saturated rings. The molecule has 0 aliphatic rings. The van der Waals surface area contributed by atoms with E-state index in [4.69, 9.17) is 0 Å². The Hall–Kier alpha value is -2.62. The number of amides is 1. The number of esters is 1. The number of rotatable bonds is 3. The summed E-state index contributed by atoms with van der Waals surface area (Å²) in [5.41, 5.74) is 1.21. The van der Waals surface area contributed by atoms with Crippen LogP contribution in [0.3, 0.4) is 0 Å². The molecule has 0 heterocycles. The normalized spacial score (nSPS) is 9.74. The van der Waals surface area contributed by atoms with E-state index in [1.807, 2.05) is 18.2 Å². The highest BCUT2D eigenvalue weighted by molar-refractivity contribution is 6.10. The Morgan fingerprint density at radius 1 is 0.895 bits per heavy atom. The van der Waals surface area contributed by atoms with Gasteiger partial charge >= 0.3 is 5.97 Å². The topological polar surface area (TPSA) is 55.4 Å². The van der Waals surface area contributed by atoms with Crippen molar-refractivity contribution in [2.75, 3.05) is 12.4 Å². The van der Waals surface area contributed by atoms with Crippen LogP contribution in [-0.4, -0.2) is 19.0 Å². The fourth-order valence-electron chi connectivity index (χ4n) is 1.69. The molecule has 2 aromatic rings. The lowest BCUT2D eigenvalue weighted by molar-refractivity contribution is 0.0597. The number of ether oxygens (including phenoxy) is 1. The van der Waals surface area contributed by atoms with Crippen LogP contribution in [0.1, 0.15) is 20.7 Å². The summed E-state index contributed by atoms with van der Waals surface area (Å²) >= 11 is 0. The smallest absolute Gasteiger partial charge is 0.338 e. The molecule has 1 N–H and O–H groups in total. The van der Waals surface area contributed by atoms with Crippen molar-refractivity contribution >= 4 is 17.6 Å². The Bertz CT molecular complexity index is 593. The first-order valence-electron chi connectivity index (χ1n) is 5.76. The molecule has 4 nitrogen and oxygen atoms in total. The first kappa shape index (κ1) is 12.8. The Morgan fingerprint density at radius 3 is 2.11 bits per heavy atom. The van der Waals surface area contributed by atoms with Gasteiger partial charge in [-0.05, 0) is 24.3 Å². The van der Waals surface area contributed by atoms with E-state index in [-0.39, 0.29) is 11.5 Å². The lowest BCUT2D eigenvalue weighted by Gasteiger charge is -2.08. The van der Waals surface area contributed by atoms with E-state index in [9.17, 15) is 9.59 Å². The molecule has 0 radical (unpaired) electrons. The van der Waals surface area contributed by atoms with Crippen LogP contribution in [0.4, 0.5) is 5.69 Å². The molecule has 2 aromatic carbocycles. The van der Waals surface area contributed by atoms with Crippen molar-refractivity contribution in [2.45, 2.75) is 0 Å². The van der Waals surface area contributed by atoms with Gasteiger partial charge in [-0.1, -0.05) is 30.3 Å². The van der Waals surface area contributed by atoms with Gasteiger partial charge in [-0.25, -0.2) is 4.79 Å². The molecule has 0 aromatic heterocycles. The van der Waals surface area contributed by atoms with Crippen molar-refractivity contribution < 1.29 is 14.3 Å². The van der Waals surface area contributed by atoms with Gasteiger partial charge in [0.15, 0.2) is 0 Å². The van der Waals surface area contributed by atoms with Gasteiger partial charge in [0.1, 0.15) is 0 Å². The van der Waals surface area contributed by atoms with Crippen molar-refractivity contribution in [3.63, 3.8) is 0 Å². The highest BCUT2D eigenvalue weighted by Crippen LogP contribution is 2.13. The molecular formula is C15H13NO3. The standard InChI is InChI=1S/C15H13NO3/c1-19-15(18)13-10-6-5-9-12(13)14(17)16-11-7-3-2-4-8-11/h2-10H,1H3,(H,16,17). The Kier molecular flexibility index (Phi) is 3.93. The second-order valence-electron chi connectivity index (χ2n) is 3.86. The number of carbonyl (C=O) groups is 2. The number of carbonyl (C=O) groups excluding carboxylic acids is 2. The monoisotopic (exact) mass is 255 g/mol. The zero-order valence-corrected chi connectivity index (χ0v) is 10.4. The van der Waals surface area contributed by atoms with Crippen molar-refractivity contribution in [1.29, 1.82) is 0 Å². The minimum atomic E-state index is -0.529. The minimum absolute atomic E-state index is 0.249. The maximum Gasteiger partial charge on any atom is 0.338 e. The molecule has 19 heavy (non-hydrogen) atoms.